The molecule has 4 heterocycles. The van der Waals surface area contributed by atoms with Crippen LogP contribution in [0.4, 0.5) is 0 Å². The van der Waals surface area contributed by atoms with Gasteiger partial charge in [0.1, 0.15) is 0 Å². The van der Waals surface area contributed by atoms with Gasteiger partial charge >= 0.3 is 0 Å². The number of carbonyl (C=O) groups is 1. The third kappa shape index (κ3) is 5.34. The molecule has 1 aromatic heterocycles. The van der Waals surface area contributed by atoms with Crippen molar-refractivity contribution in [3.8, 4) is 11.3 Å². The summed E-state index contributed by atoms with van der Waals surface area (Å²) in [6, 6.07) is 14.4. The van der Waals surface area contributed by atoms with Crippen molar-refractivity contribution in [1.29, 1.82) is 0 Å². The molecule has 1 amide bonds. The number of H-pyrrole nitrogens is 1. The summed E-state index contributed by atoms with van der Waals surface area (Å²) < 4.78 is 5.49. The molecule has 0 saturated carbocycles. The summed E-state index contributed by atoms with van der Waals surface area (Å²) in [6.07, 6.45) is 5.62. The van der Waals surface area contributed by atoms with Crippen LogP contribution in [0, 0.1) is 13.8 Å². The highest BCUT2D eigenvalue weighted by Crippen LogP contribution is 2.42. The highest BCUT2D eigenvalue weighted by atomic mass is 16.5. The molecular weight excluding hydrogens is 496 g/mol. The second-order valence-electron chi connectivity index (χ2n) is 12.9. The summed E-state index contributed by atoms with van der Waals surface area (Å²) in [4.78, 5) is 22.4. The summed E-state index contributed by atoms with van der Waals surface area (Å²) >= 11 is 0. The van der Waals surface area contributed by atoms with Crippen LogP contribution >= 0.6 is 0 Å². The second kappa shape index (κ2) is 11.3. The topological polar surface area (TPSA) is 60.6 Å². The lowest BCUT2D eigenvalue weighted by Crippen LogP contribution is -2.45. The fourth-order valence-electron chi connectivity index (χ4n) is 7.35. The van der Waals surface area contributed by atoms with Gasteiger partial charge < -0.3 is 19.9 Å². The third-order valence-electron chi connectivity index (χ3n) is 9.62. The van der Waals surface area contributed by atoms with E-state index in [4.69, 9.17) is 4.74 Å². The minimum atomic E-state index is -0.551. The maximum absolute atomic E-state index is 13.9. The van der Waals surface area contributed by atoms with E-state index in [0.29, 0.717) is 18.0 Å². The van der Waals surface area contributed by atoms with Gasteiger partial charge in [-0.2, -0.15) is 0 Å². The molecule has 0 spiro atoms. The fourth-order valence-corrected chi connectivity index (χ4v) is 7.35. The fraction of sp³-hybridized carbons (Fsp3) is 0.559. The van der Waals surface area contributed by atoms with Crippen LogP contribution in [0.3, 0.4) is 0 Å². The maximum atomic E-state index is 13.9. The van der Waals surface area contributed by atoms with Gasteiger partial charge in [0.15, 0.2) is 0 Å². The second-order valence-corrected chi connectivity index (χ2v) is 12.9. The molecule has 3 aliphatic rings. The summed E-state index contributed by atoms with van der Waals surface area (Å²) in [5, 5.41) is 4.94. The summed E-state index contributed by atoms with van der Waals surface area (Å²) in [7, 11) is 0. The molecule has 0 atom stereocenters. The predicted octanol–water partition coefficient (Wildman–Crippen LogP) is 5.35. The Hall–Kier alpha value is -2.67. The van der Waals surface area contributed by atoms with Gasteiger partial charge in [0, 0.05) is 54.9 Å². The van der Waals surface area contributed by atoms with Gasteiger partial charge in [0.2, 0.25) is 5.91 Å². The number of rotatable bonds is 9. The molecule has 2 N–H and O–H groups in total. The van der Waals surface area contributed by atoms with Gasteiger partial charge in [-0.1, -0.05) is 23.3 Å². The highest BCUT2D eigenvalue weighted by Gasteiger charge is 2.46. The Balaban J connectivity index is 1.28. The monoisotopic (exact) mass is 542 g/mol. The van der Waals surface area contributed by atoms with Crippen molar-refractivity contribution in [3.05, 3.63) is 58.7 Å². The first-order chi connectivity index (χ1) is 19.3. The Kier molecular flexibility index (Phi) is 7.77. The quantitative estimate of drug-likeness (QED) is 0.358. The average Bonchev–Trinajstić information content (AvgIpc) is 3.65. The molecule has 214 valence electrons. The molecule has 0 aliphatic carbocycles. The smallest absolute Gasteiger partial charge is 0.233 e. The Morgan fingerprint density at radius 3 is 2.33 bits per heavy atom. The van der Waals surface area contributed by atoms with E-state index in [0.717, 1.165) is 63.4 Å². The molecule has 2 aromatic carbocycles. The number of nitrogens with one attached hydrogen (secondary N) is 2. The van der Waals surface area contributed by atoms with E-state index < -0.39 is 5.41 Å². The van der Waals surface area contributed by atoms with Crippen LogP contribution in [0.5, 0.6) is 0 Å². The number of nitrogens with zero attached hydrogens (tertiary/aromatic N) is 2. The van der Waals surface area contributed by atoms with Crippen LogP contribution in [0.1, 0.15) is 61.8 Å². The molecule has 0 unspecified atom stereocenters. The van der Waals surface area contributed by atoms with Crippen molar-refractivity contribution >= 4 is 16.8 Å². The molecule has 0 radical (unpaired) electrons. The van der Waals surface area contributed by atoms with Gasteiger partial charge in [-0.25, -0.2) is 0 Å². The lowest BCUT2D eigenvalue weighted by atomic mass is 9.82. The lowest BCUT2D eigenvalue weighted by molar-refractivity contribution is -0.137. The Labute approximate surface area is 239 Å². The predicted molar refractivity (Wildman–Crippen MR) is 163 cm³/mol. The molecule has 3 saturated heterocycles. The zero-order valence-electron chi connectivity index (χ0n) is 24.8. The van der Waals surface area contributed by atoms with E-state index in [-0.39, 0.29) is 0 Å². The normalized spacial score (nSPS) is 21.6. The molecule has 6 rings (SSSR count). The number of ether oxygens (including phenoxy) is 1. The molecule has 3 aromatic rings. The van der Waals surface area contributed by atoms with E-state index in [2.05, 4.69) is 84.2 Å². The van der Waals surface area contributed by atoms with Crippen LogP contribution in [0.2, 0.25) is 0 Å². The van der Waals surface area contributed by atoms with Gasteiger partial charge in [0.25, 0.3) is 0 Å². The zero-order chi connectivity index (χ0) is 27.9. The number of aromatic nitrogens is 1. The number of amides is 1. The zero-order valence-corrected chi connectivity index (χ0v) is 24.8. The molecular formula is C34H46N4O2. The Bertz CT molecular complexity index is 1330. The van der Waals surface area contributed by atoms with Crippen LogP contribution in [0.15, 0.2) is 36.4 Å². The standard InChI is InChI=1S/C34H46N4O2/c1-23-19-24(2)21-25(20-23)32-29(11-12-35-13-14-37-15-17-40-18-16-37)30-22-26(5-10-31(30)36-32)34(3,4)33(39)38-27-6-7-28(38)9-8-27/h5,10,19-22,27-28,35-36H,6-9,11-18H2,1-4H3. The van der Waals surface area contributed by atoms with Crippen LogP contribution < -0.4 is 5.32 Å². The minimum absolute atomic E-state index is 0.299. The van der Waals surface area contributed by atoms with Crippen molar-refractivity contribution in [2.45, 2.75) is 77.3 Å². The van der Waals surface area contributed by atoms with Gasteiger partial charge in [0.05, 0.1) is 18.6 Å². The third-order valence-corrected chi connectivity index (χ3v) is 9.62. The van der Waals surface area contributed by atoms with E-state index in [1.165, 1.54) is 59.0 Å². The summed E-state index contributed by atoms with van der Waals surface area (Å²) in [6.45, 7) is 15.3. The van der Waals surface area contributed by atoms with E-state index in [9.17, 15) is 4.79 Å². The van der Waals surface area contributed by atoms with Crippen molar-refractivity contribution < 1.29 is 9.53 Å². The van der Waals surface area contributed by atoms with Gasteiger partial charge in [-0.3, -0.25) is 9.69 Å². The molecule has 6 nitrogen and oxygen atoms in total. The number of hydrogen-bond acceptors (Lipinski definition) is 4. The van der Waals surface area contributed by atoms with Crippen LogP contribution in [-0.2, 0) is 21.4 Å². The largest absolute Gasteiger partial charge is 0.379 e. The molecule has 3 aliphatic heterocycles. The Morgan fingerprint density at radius 1 is 0.975 bits per heavy atom. The first-order valence-electron chi connectivity index (χ1n) is 15.4. The molecule has 6 heteroatoms. The number of morpholine rings is 1. The van der Waals surface area contributed by atoms with Crippen LogP contribution in [0.25, 0.3) is 22.2 Å². The summed E-state index contributed by atoms with van der Waals surface area (Å²) in [5.41, 5.74) is 8.04. The van der Waals surface area contributed by atoms with Crippen LogP contribution in [-0.4, -0.2) is 78.7 Å². The van der Waals surface area contributed by atoms with Crippen molar-refractivity contribution in [1.82, 2.24) is 20.1 Å². The van der Waals surface area contributed by atoms with Gasteiger partial charge in [-0.15, -0.1) is 0 Å². The first-order valence-corrected chi connectivity index (χ1v) is 15.4. The number of fused-ring (bicyclic) bond motifs is 3. The number of benzene rings is 2. The lowest BCUT2D eigenvalue weighted by Gasteiger charge is -2.33. The van der Waals surface area contributed by atoms with E-state index in [1.807, 2.05) is 0 Å². The molecule has 3 fully saturated rings. The maximum Gasteiger partial charge on any atom is 0.233 e. The Morgan fingerprint density at radius 2 is 1.65 bits per heavy atom. The SMILES string of the molecule is Cc1cc(C)cc(-c2[nH]c3ccc(C(C)(C)C(=O)N4C5CCC4CC5)cc3c2CCNCCN2CCOCC2)c1. The van der Waals surface area contributed by atoms with Crippen molar-refractivity contribution in [3.63, 3.8) is 0 Å². The number of aromatic amines is 1. The number of hydrogen-bond donors (Lipinski definition) is 2. The first kappa shape index (κ1) is 27.5. The average molecular weight is 543 g/mol. The van der Waals surface area contributed by atoms with Crippen molar-refractivity contribution in [2.75, 3.05) is 45.9 Å². The summed E-state index contributed by atoms with van der Waals surface area (Å²) in [5.74, 6) is 0.299. The highest BCUT2D eigenvalue weighted by molar-refractivity contribution is 5.94. The molecule has 40 heavy (non-hydrogen) atoms. The number of aryl methyl sites for hydroxylation is 2. The minimum Gasteiger partial charge on any atom is -0.379 e. The van der Waals surface area contributed by atoms with E-state index in [1.54, 1.807) is 0 Å². The number of carbonyl (C=O) groups excluding carboxylic acids is 1. The van der Waals surface area contributed by atoms with Crippen molar-refractivity contribution in [2.24, 2.45) is 0 Å². The van der Waals surface area contributed by atoms with E-state index >= 15 is 0 Å². The molecule has 2 bridgehead atoms. The van der Waals surface area contributed by atoms with Gasteiger partial charge in [-0.05, 0) is 107 Å².